The van der Waals surface area contributed by atoms with E-state index in [4.69, 9.17) is 0 Å². The van der Waals surface area contributed by atoms with Crippen molar-refractivity contribution in [2.45, 2.75) is 42.6 Å². The highest BCUT2D eigenvalue weighted by atomic mass is 32.2. The number of carbonyl (C=O) groups excluding carboxylic acids is 1. The molecule has 8 nitrogen and oxygen atoms in total. The SMILES string of the molecule is CCN(CC)S(=O)(=O)c1ccc2nnc(SC(C)C(=O)NCc3cccs3)n2c1. The van der Waals surface area contributed by atoms with E-state index in [1.165, 1.54) is 28.3 Å². The number of fused-ring (bicyclic) bond motifs is 1. The van der Waals surface area contributed by atoms with E-state index in [0.29, 0.717) is 30.4 Å². The van der Waals surface area contributed by atoms with Crippen LogP contribution in [0.5, 0.6) is 0 Å². The fourth-order valence-corrected chi connectivity index (χ4v) is 5.69. The maximum atomic E-state index is 12.8. The molecule has 1 atom stereocenters. The molecule has 3 heterocycles. The van der Waals surface area contributed by atoms with E-state index in [0.717, 1.165) is 4.88 Å². The molecule has 0 aliphatic heterocycles. The summed E-state index contributed by atoms with van der Waals surface area (Å²) in [7, 11) is -3.60. The van der Waals surface area contributed by atoms with E-state index in [1.807, 2.05) is 17.5 Å². The van der Waals surface area contributed by atoms with Crippen LogP contribution in [0.2, 0.25) is 0 Å². The van der Waals surface area contributed by atoms with Crippen LogP contribution >= 0.6 is 23.1 Å². The molecule has 3 aromatic heterocycles. The third-order valence-electron chi connectivity index (χ3n) is 4.36. The smallest absolute Gasteiger partial charge is 0.244 e. The zero-order valence-electron chi connectivity index (χ0n) is 16.4. The number of hydrogen-bond donors (Lipinski definition) is 1. The highest BCUT2D eigenvalue weighted by Crippen LogP contribution is 2.24. The Bertz CT molecular complexity index is 1080. The topological polar surface area (TPSA) is 96.7 Å². The normalized spacial score (nSPS) is 13.1. The number of nitrogens with one attached hydrogen (secondary N) is 1. The van der Waals surface area contributed by atoms with Gasteiger partial charge in [0.1, 0.15) is 0 Å². The molecule has 0 aromatic carbocycles. The molecule has 0 radical (unpaired) electrons. The average molecular weight is 454 g/mol. The number of sulfonamides is 1. The van der Waals surface area contributed by atoms with Gasteiger partial charge in [0, 0.05) is 24.2 Å². The van der Waals surface area contributed by atoms with Crippen molar-refractivity contribution in [3.63, 3.8) is 0 Å². The van der Waals surface area contributed by atoms with Crippen LogP contribution in [-0.2, 0) is 21.4 Å². The number of nitrogens with zero attached hydrogens (tertiary/aromatic N) is 4. The number of hydrogen-bond acceptors (Lipinski definition) is 7. The van der Waals surface area contributed by atoms with E-state index < -0.39 is 15.3 Å². The highest BCUT2D eigenvalue weighted by molar-refractivity contribution is 8.00. The van der Waals surface area contributed by atoms with E-state index in [9.17, 15) is 13.2 Å². The quantitative estimate of drug-likeness (QED) is 0.500. The molecule has 3 rings (SSSR count). The lowest BCUT2D eigenvalue weighted by Crippen LogP contribution is -2.31. The Kier molecular flexibility index (Phi) is 6.93. The lowest BCUT2D eigenvalue weighted by atomic mass is 10.4. The molecule has 0 saturated heterocycles. The van der Waals surface area contributed by atoms with Crippen LogP contribution < -0.4 is 5.32 Å². The highest BCUT2D eigenvalue weighted by Gasteiger charge is 2.24. The van der Waals surface area contributed by atoms with Gasteiger partial charge in [0.05, 0.1) is 16.7 Å². The monoisotopic (exact) mass is 453 g/mol. The second-order valence-electron chi connectivity index (χ2n) is 6.22. The van der Waals surface area contributed by atoms with E-state index >= 15 is 0 Å². The van der Waals surface area contributed by atoms with Gasteiger partial charge in [-0.05, 0) is 30.5 Å². The number of pyridine rings is 1. The van der Waals surface area contributed by atoms with Gasteiger partial charge in [-0.25, -0.2) is 8.42 Å². The molecular formula is C18H23N5O3S3. The van der Waals surface area contributed by atoms with Crippen LogP contribution in [0.15, 0.2) is 45.9 Å². The summed E-state index contributed by atoms with van der Waals surface area (Å²) in [6, 6.07) is 7.06. The fraction of sp³-hybridized carbons (Fsp3) is 0.389. The molecule has 0 fully saturated rings. The molecule has 29 heavy (non-hydrogen) atoms. The number of thiophene rings is 1. The van der Waals surface area contributed by atoms with Crippen molar-refractivity contribution in [3.8, 4) is 0 Å². The van der Waals surface area contributed by atoms with Crippen molar-refractivity contribution in [2.24, 2.45) is 0 Å². The summed E-state index contributed by atoms with van der Waals surface area (Å²) in [6.07, 6.45) is 1.52. The number of rotatable bonds is 9. The van der Waals surface area contributed by atoms with Gasteiger partial charge in [-0.2, -0.15) is 4.31 Å². The Hall–Kier alpha value is -1.95. The molecule has 0 aliphatic rings. The van der Waals surface area contributed by atoms with Crippen molar-refractivity contribution >= 4 is 44.7 Å². The summed E-state index contributed by atoms with van der Waals surface area (Å²) in [4.78, 5) is 13.7. The first-order valence-electron chi connectivity index (χ1n) is 9.18. The molecule has 0 spiro atoms. The molecule has 0 bridgehead atoms. The predicted molar refractivity (Wildman–Crippen MR) is 115 cm³/mol. The van der Waals surface area contributed by atoms with Crippen molar-refractivity contribution in [3.05, 3.63) is 40.7 Å². The molecular weight excluding hydrogens is 430 g/mol. The number of amides is 1. The van der Waals surface area contributed by atoms with Crippen LogP contribution in [0.4, 0.5) is 0 Å². The van der Waals surface area contributed by atoms with E-state index in [-0.39, 0.29) is 10.8 Å². The summed E-state index contributed by atoms with van der Waals surface area (Å²) in [5.74, 6) is -0.118. The predicted octanol–water partition coefficient (Wildman–Crippen LogP) is 2.62. The Morgan fingerprint density at radius 3 is 2.69 bits per heavy atom. The van der Waals surface area contributed by atoms with Gasteiger partial charge in [0.2, 0.25) is 15.9 Å². The average Bonchev–Trinajstić information content (AvgIpc) is 3.36. The molecule has 3 aromatic rings. The van der Waals surface area contributed by atoms with Gasteiger partial charge >= 0.3 is 0 Å². The van der Waals surface area contributed by atoms with Crippen LogP contribution in [0.25, 0.3) is 5.65 Å². The third-order valence-corrected chi connectivity index (χ3v) is 8.32. The number of aromatic nitrogens is 3. The van der Waals surface area contributed by atoms with E-state index in [2.05, 4.69) is 15.5 Å². The van der Waals surface area contributed by atoms with Gasteiger partial charge in [-0.1, -0.05) is 31.7 Å². The van der Waals surface area contributed by atoms with Gasteiger partial charge in [-0.15, -0.1) is 21.5 Å². The maximum absolute atomic E-state index is 12.8. The minimum Gasteiger partial charge on any atom is -0.350 e. The molecule has 1 amide bonds. The summed E-state index contributed by atoms with van der Waals surface area (Å²) in [5, 5.41) is 13.1. The zero-order valence-corrected chi connectivity index (χ0v) is 18.9. The first-order chi connectivity index (χ1) is 13.9. The summed E-state index contributed by atoms with van der Waals surface area (Å²) in [5.41, 5.74) is 0.525. The van der Waals surface area contributed by atoms with Gasteiger partial charge in [-0.3, -0.25) is 9.20 Å². The van der Waals surface area contributed by atoms with Crippen LogP contribution in [-0.4, -0.2) is 51.6 Å². The van der Waals surface area contributed by atoms with Crippen molar-refractivity contribution in [2.75, 3.05) is 13.1 Å². The summed E-state index contributed by atoms with van der Waals surface area (Å²) < 4.78 is 28.6. The Labute approximate surface area is 178 Å². The van der Waals surface area contributed by atoms with E-state index in [1.54, 1.807) is 42.6 Å². The Balaban J connectivity index is 1.78. The summed E-state index contributed by atoms with van der Waals surface area (Å²) in [6.45, 7) is 6.65. The van der Waals surface area contributed by atoms with Crippen LogP contribution in [0.3, 0.4) is 0 Å². The van der Waals surface area contributed by atoms with Crippen molar-refractivity contribution in [1.29, 1.82) is 0 Å². The molecule has 1 unspecified atom stereocenters. The zero-order chi connectivity index (χ0) is 21.0. The molecule has 156 valence electrons. The lowest BCUT2D eigenvalue weighted by molar-refractivity contribution is -0.120. The fourth-order valence-electron chi connectivity index (χ4n) is 2.74. The van der Waals surface area contributed by atoms with Gasteiger partial charge in [0.15, 0.2) is 10.8 Å². The first-order valence-corrected chi connectivity index (χ1v) is 12.4. The Morgan fingerprint density at radius 1 is 1.28 bits per heavy atom. The largest absolute Gasteiger partial charge is 0.350 e. The lowest BCUT2D eigenvalue weighted by Gasteiger charge is -2.18. The number of thioether (sulfide) groups is 1. The third kappa shape index (κ3) is 4.80. The number of carbonyl (C=O) groups is 1. The second kappa shape index (κ2) is 9.24. The minimum absolute atomic E-state index is 0.118. The standard InChI is InChI=1S/C18H23N5O3S3/c1-4-22(5-2)29(25,26)15-8-9-16-20-21-18(23(16)12-15)28-13(3)17(24)19-11-14-7-6-10-27-14/h6-10,12-13H,4-5,11H2,1-3H3,(H,19,24). The molecule has 11 heteroatoms. The van der Waals surface area contributed by atoms with Crippen molar-refractivity contribution < 1.29 is 13.2 Å². The van der Waals surface area contributed by atoms with Gasteiger partial charge in [0.25, 0.3) is 0 Å². The summed E-state index contributed by atoms with van der Waals surface area (Å²) >= 11 is 2.82. The van der Waals surface area contributed by atoms with Crippen molar-refractivity contribution in [1.82, 2.24) is 24.2 Å². The molecule has 0 aliphatic carbocycles. The van der Waals surface area contributed by atoms with Gasteiger partial charge < -0.3 is 5.32 Å². The Morgan fingerprint density at radius 2 is 2.03 bits per heavy atom. The first kappa shape index (κ1) is 21.8. The molecule has 0 saturated carbocycles. The minimum atomic E-state index is -3.60. The second-order valence-corrected chi connectivity index (χ2v) is 10.5. The maximum Gasteiger partial charge on any atom is 0.244 e. The van der Waals surface area contributed by atoms with Crippen LogP contribution in [0, 0.1) is 0 Å². The molecule has 1 N–H and O–H groups in total. The van der Waals surface area contributed by atoms with Crippen LogP contribution in [0.1, 0.15) is 25.6 Å².